The van der Waals surface area contributed by atoms with Crippen LogP contribution in [0.5, 0.6) is 0 Å². The van der Waals surface area contributed by atoms with Gasteiger partial charge in [-0.15, -0.1) is 0 Å². The Morgan fingerprint density at radius 2 is 2.05 bits per heavy atom. The molecule has 1 heterocycles. The molecule has 0 atom stereocenters. The third-order valence-corrected chi connectivity index (χ3v) is 3.45. The van der Waals surface area contributed by atoms with Gasteiger partial charge in [0.15, 0.2) is 0 Å². The number of hydrogen-bond donors (Lipinski definition) is 2. The molecular weight excluding hydrogens is 252 g/mol. The van der Waals surface area contributed by atoms with Crippen LogP contribution in [0.2, 0.25) is 0 Å². The number of carbonyl (C=O) groups excluding carboxylic acids is 1. The normalized spacial score (nSPS) is 15.6. The number of rotatable bonds is 5. The second kappa shape index (κ2) is 6.68. The molecule has 20 heavy (non-hydrogen) atoms. The fourth-order valence-electron chi connectivity index (χ4n) is 2.39. The lowest BCUT2D eigenvalue weighted by molar-refractivity contribution is 0.0932. The molecule has 0 saturated heterocycles. The summed E-state index contributed by atoms with van der Waals surface area (Å²) in [6, 6.07) is 2.05. The standard InChI is InChI=1S/C15H24N4O/c1-10(2)9-16-15-17-11(3)8-13(19-15)14(20)18-12-6-4-5-7-12/h8,10,12H,4-7,9H2,1-3H3,(H,18,20)(H,16,17,19). The molecule has 2 rings (SSSR count). The van der Waals surface area contributed by atoms with Gasteiger partial charge in [0.1, 0.15) is 5.69 Å². The summed E-state index contributed by atoms with van der Waals surface area (Å²) in [5.74, 6) is 0.958. The first-order valence-electron chi connectivity index (χ1n) is 7.45. The number of nitrogens with zero attached hydrogens (tertiary/aromatic N) is 2. The molecule has 110 valence electrons. The second-order valence-corrected chi connectivity index (χ2v) is 5.95. The van der Waals surface area contributed by atoms with Gasteiger partial charge in [0.25, 0.3) is 5.91 Å². The minimum Gasteiger partial charge on any atom is -0.354 e. The van der Waals surface area contributed by atoms with Gasteiger partial charge in [-0.2, -0.15) is 0 Å². The van der Waals surface area contributed by atoms with E-state index in [0.29, 0.717) is 23.6 Å². The highest BCUT2D eigenvalue weighted by molar-refractivity contribution is 5.92. The van der Waals surface area contributed by atoms with Crippen LogP contribution in [0.4, 0.5) is 5.95 Å². The molecule has 1 fully saturated rings. The molecular formula is C15H24N4O. The van der Waals surface area contributed by atoms with Gasteiger partial charge in [0.05, 0.1) is 0 Å². The van der Waals surface area contributed by atoms with Gasteiger partial charge in [-0.05, 0) is 31.7 Å². The molecule has 0 radical (unpaired) electrons. The molecule has 0 spiro atoms. The maximum atomic E-state index is 12.2. The lowest BCUT2D eigenvalue weighted by atomic mass is 10.2. The molecule has 5 nitrogen and oxygen atoms in total. The Balaban J connectivity index is 2.04. The van der Waals surface area contributed by atoms with Crippen LogP contribution < -0.4 is 10.6 Å². The van der Waals surface area contributed by atoms with Crippen molar-refractivity contribution in [3.63, 3.8) is 0 Å². The van der Waals surface area contributed by atoms with E-state index in [4.69, 9.17) is 0 Å². The van der Waals surface area contributed by atoms with Crippen molar-refractivity contribution in [2.24, 2.45) is 5.92 Å². The monoisotopic (exact) mass is 276 g/mol. The highest BCUT2D eigenvalue weighted by atomic mass is 16.1. The zero-order valence-corrected chi connectivity index (χ0v) is 12.6. The van der Waals surface area contributed by atoms with Gasteiger partial charge in [0.2, 0.25) is 5.95 Å². The number of amides is 1. The SMILES string of the molecule is Cc1cc(C(=O)NC2CCCC2)nc(NCC(C)C)n1. The largest absolute Gasteiger partial charge is 0.354 e. The number of aryl methyl sites for hydroxylation is 1. The van der Waals surface area contributed by atoms with E-state index >= 15 is 0 Å². The Hall–Kier alpha value is -1.65. The van der Waals surface area contributed by atoms with Crippen molar-refractivity contribution < 1.29 is 4.79 Å². The first kappa shape index (κ1) is 14.8. The van der Waals surface area contributed by atoms with Crippen molar-refractivity contribution in [1.82, 2.24) is 15.3 Å². The molecule has 1 aromatic heterocycles. The molecule has 1 aromatic rings. The zero-order chi connectivity index (χ0) is 14.5. The van der Waals surface area contributed by atoms with Crippen LogP contribution in [0.25, 0.3) is 0 Å². The van der Waals surface area contributed by atoms with Crippen LogP contribution in [-0.4, -0.2) is 28.5 Å². The van der Waals surface area contributed by atoms with E-state index in [1.165, 1.54) is 12.8 Å². The zero-order valence-electron chi connectivity index (χ0n) is 12.6. The predicted molar refractivity (Wildman–Crippen MR) is 79.8 cm³/mol. The van der Waals surface area contributed by atoms with Crippen LogP contribution in [0.1, 0.15) is 55.7 Å². The fourth-order valence-corrected chi connectivity index (χ4v) is 2.39. The molecule has 0 bridgehead atoms. The van der Waals surface area contributed by atoms with Gasteiger partial charge in [0, 0.05) is 18.3 Å². The Kier molecular flexibility index (Phi) is 4.93. The lowest BCUT2D eigenvalue weighted by Crippen LogP contribution is -2.33. The number of anilines is 1. The molecule has 1 amide bonds. The van der Waals surface area contributed by atoms with Crippen molar-refractivity contribution in [2.45, 2.75) is 52.5 Å². The molecule has 2 N–H and O–H groups in total. The van der Waals surface area contributed by atoms with Gasteiger partial charge in [-0.25, -0.2) is 9.97 Å². The maximum absolute atomic E-state index is 12.2. The van der Waals surface area contributed by atoms with Crippen molar-refractivity contribution in [3.05, 3.63) is 17.5 Å². The summed E-state index contributed by atoms with van der Waals surface area (Å²) >= 11 is 0. The summed E-state index contributed by atoms with van der Waals surface area (Å²) in [5.41, 5.74) is 1.26. The molecule has 0 unspecified atom stereocenters. The molecule has 1 aliphatic rings. The minimum absolute atomic E-state index is 0.0880. The molecule has 5 heteroatoms. The van der Waals surface area contributed by atoms with Gasteiger partial charge >= 0.3 is 0 Å². The van der Waals surface area contributed by atoms with Crippen molar-refractivity contribution in [1.29, 1.82) is 0 Å². The molecule has 0 aliphatic heterocycles. The molecule has 0 aromatic carbocycles. The van der Waals surface area contributed by atoms with Crippen LogP contribution in [0, 0.1) is 12.8 Å². The number of aromatic nitrogens is 2. The average Bonchev–Trinajstić information content (AvgIpc) is 2.88. The summed E-state index contributed by atoms with van der Waals surface area (Å²) < 4.78 is 0. The van der Waals surface area contributed by atoms with Crippen molar-refractivity contribution in [2.75, 3.05) is 11.9 Å². The Bertz CT molecular complexity index is 467. The summed E-state index contributed by atoms with van der Waals surface area (Å²) in [6.45, 7) is 6.93. The van der Waals surface area contributed by atoms with Crippen LogP contribution in [0.15, 0.2) is 6.07 Å². The topological polar surface area (TPSA) is 66.9 Å². The highest BCUT2D eigenvalue weighted by Crippen LogP contribution is 2.18. The van der Waals surface area contributed by atoms with E-state index in [-0.39, 0.29) is 5.91 Å². The van der Waals surface area contributed by atoms with Crippen LogP contribution in [-0.2, 0) is 0 Å². The third kappa shape index (κ3) is 4.18. The first-order chi connectivity index (χ1) is 9.54. The number of nitrogens with one attached hydrogen (secondary N) is 2. The van der Waals surface area contributed by atoms with E-state index in [1.807, 2.05) is 6.92 Å². The van der Waals surface area contributed by atoms with E-state index in [2.05, 4.69) is 34.4 Å². The van der Waals surface area contributed by atoms with Crippen molar-refractivity contribution in [3.8, 4) is 0 Å². The number of hydrogen-bond acceptors (Lipinski definition) is 4. The van der Waals surface area contributed by atoms with Crippen LogP contribution >= 0.6 is 0 Å². The summed E-state index contributed by atoms with van der Waals surface area (Å²) in [4.78, 5) is 20.8. The molecule has 1 aliphatic carbocycles. The predicted octanol–water partition coefficient (Wildman–Crippen LogP) is 2.53. The molecule has 1 saturated carbocycles. The van der Waals surface area contributed by atoms with E-state index in [9.17, 15) is 4.79 Å². The smallest absolute Gasteiger partial charge is 0.270 e. The minimum atomic E-state index is -0.0880. The van der Waals surface area contributed by atoms with Crippen molar-refractivity contribution >= 4 is 11.9 Å². The van der Waals surface area contributed by atoms with Gasteiger partial charge in [-0.3, -0.25) is 4.79 Å². The fraction of sp³-hybridized carbons (Fsp3) is 0.667. The van der Waals surface area contributed by atoms with Gasteiger partial charge in [-0.1, -0.05) is 26.7 Å². The van der Waals surface area contributed by atoms with E-state index in [0.717, 1.165) is 25.1 Å². The van der Waals surface area contributed by atoms with Gasteiger partial charge < -0.3 is 10.6 Å². The Morgan fingerprint density at radius 1 is 1.35 bits per heavy atom. The van der Waals surface area contributed by atoms with E-state index in [1.54, 1.807) is 6.07 Å². The summed E-state index contributed by atoms with van der Waals surface area (Å²) in [5, 5.41) is 6.23. The Labute approximate surface area is 120 Å². The lowest BCUT2D eigenvalue weighted by Gasteiger charge is -2.13. The summed E-state index contributed by atoms with van der Waals surface area (Å²) in [7, 11) is 0. The number of carbonyl (C=O) groups is 1. The highest BCUT2D eigenvalue weighted by Gasteiger charge is 2.19. The first-order valence-corrected chi connectivity index (χ1v) is 7.45. The Morgan fingerprint density at radius 3 is 2.70 bits per heavy atom. The van der Waals surface area contributed by atoms with E-state index < -0.39 is 0 Å². The third-order valence-electron chi connectivity index (χ3n) is 3.45. The maximum Gasteiger partial charge on any atom is 0.270 e. The average molecular weight is 276 g/mol. The quantitative estimate of drug-likeness (QED) is 0.867. The van der Waals surface area contributed by atoms with Crippen LogP contribution in [0.3, 0.4) is 0 Å². The summed E-state index contributed by atoms with van der Waals surface area (Å²) in [6.07, 6.45) is 4.56. The second-order valence-electron chi connectivity index (χ2n) is 5.95.